The van der Waals surface area contributed by atoms with Gasteiger partial charge in [-0.25, -0.2) is 4.68 Å². The first-order valence-corrected chi connectivity index (χ1v) is 9.87. The highest BCUT2D eigenvalue weighted by molar-refractivity contribution is 5.94. The standard InChI is InChI=1S/C21H28N4O2/c1-16-14-17(2)25(22-16)19-7-5-18(6-8-19)21(26)24-11-9-23(10-12-24)15-20-4-3-13-27-20/h5-8,14,20H,3-4,9-13,15H2,1-2H3. The van der Waals surface area contributed by atoms with E-state index >= 15 is 0 Å². The zero-order chi connectivity index (χ0) is 18.8. The molecule has 1 aromatic carbocycles. The van der Waals surface area contributed by atoms with Crippen LogP contribution in [0.4, 0.5) is 0 Å². The Morgan fingerprint density at radius 1 is 1.15 bits per heavy atom. The maximum Gasteiger partial charge on any atom is 0.253 e. The molecule has 27 heavy (non-hydrogen) atoms. The van der Waals surface area contributed by atoms with Gasteiger partial charge in [0.15, 0.2) is 0 Å². The SMILES string of the molecule is Cc1cc(C)n(-c2ccc(C(=O)N3CCN(CC4CCCO4)CC3)cc2)n1. The molecule has 2 aliphatic heterocycles. The van der Waals surface area contributed by atoms with Crippen LogP contribution in [0.2, 0.25) is 0 Å². The van der Waals surface area contributed by atoms with Gasteiger partial charge >= 0.3 is 0 Å². The fraction of sp³-hybridized carbons (Fsp3) is 0.524. The highest BCUT2D eigenvalue weighted by atomic mass is 16.5. The minimum Gasteiger partial charge on any atom is -0.377 e. The number of aromatic nitrogens is 2. The molecule has 2 saturated heterocycles. The molecular weight excluding hydrogens is 340 g/mol. The van der Waals surface area contributed by atoms with Crippen molar-refractivity contribution in [1.82, 2.24) is 19.6 Å². The van der Waals surface area contributed by atoms with Gasteiger partial charge < -0.3 is 9.64 Å². The molecular formula is C21H28N4O2. The summed E-state index contributed by atoms with van der Waals surface area (Å²) in [6.07, 6.45) is 2.73. The van der Waals surface area contributed by atoms with Crippen LogP contribution in [-0.4, -0.2) is 70.9 Å². The molecule has 0 bridgehead atoms. The van der Waals surface area contributed by atoms with Crippen molar-refractivity contribution in [2.45, 2.75) is 32.8 Å². The Morgan fingerprint density at radius 2 is 1.89 bits per heavy atom. The number of amides is 1. The quantitative estimate of drug-likeness (QED) is 0.832. The van der Waals surface area contributed by atoms with Crippen LogP contribution >= 0.6 is 0 Å². The van der Waals surface area contributed by atoms with Crippen molar-refractivity contribution in [2.24, 2.45) is 0 Å². The molecule has 1 amide bonds. The molecule has 2 aliphatic rings. The van der Waals surface area contributed by atoms with Crippen molar-refractivity contribution in [2.75, 3.05) is 39.3 Å². The zero-order valence-corrected chi connectivity index (χ0v) is 16.2. The minimum atomic E-state index is 0.117. The summed E-state index contributed by atoms with van der Waals surface area (Å²) in [6.45, 7) is 9.34. The molecule has 2 fully saturated rings. The van der Waals surface area contributed by atoms with Crippen molar-refractivity contribution in [3.63, 3.8) is 0 Å². The molecule has 4 rings (SSSR count). The summed E-state index contributed by atoms with van der Waals surface area (Å²) in [5, 5.41) is 4.50. The van der Waals surface area contributed by atoms with Crippen molar-refractivity contribution in [3.8, 4) is 5.69 Å². The lowest BCUT2D eigenvalue weighted by molar-refractivity contribution is 0.0433. The third kappa shape index (κ3) is 4.06. The zero-order valence-electron chi connectivity index (χ0n) is 16.2. The Hall–Kier alpha value is -2.18. The van der Waals surface area contributed by atoms with Crippen LogP contribution in [0.25, 0.3) is 5.69 Å². The number of benzene rings is 1. The van der Waals surface area contributed by atoms with E-state index in [1.54, 1.807) is 0 Å². The summed E-state index contributed by atoms with van der Waals surface area (Å²) in [6, 6.07) is 9.82. The second-order valence-corrected chi connectivity index (χ2v) is 7.61. The van der Waals surface area contributed by atoms with E-state index in [0.717, 1.165) is 62.0 Å². The van der Waals surface area contributed by atoms with E-state index in [0.29, 0.717) is 6.10 Å². The maximum absolute atomic E-state index is 12.8. The summed E-state index contributed by atoms with van der Waals surface area (Å²) < 4.78 is 7.64. The monoisotopic (exact) mass is 368 g/mol. The van der Waals surface area contributed by atoms with Gasteiger partial charge in [-0.3, -0.25) is 9.69 Å². The van der Waals surface area contributed by atoms with E-state index in [9.17, 15) is 4.79 Å². The Labute approximate surface area is 160 Å². The lowest BCUT2D eigenvalue weighted by Gasteiger charge is -2.35. The Morgan fingerprint density at radius 3 is 2.48 bits per heavy atom. The number of rotatable bonds is 4. The molecule has 144 valence electrons. The lowest BCUT2D eigenvalue weighted by Crippen LogP contribution is -2.50. The van der Waals surface area contributed by atoms with Gasteiger partial charge in [0, 0.05) is 50.6 Å². The minimum absolute atomic E-state index is 0.117. The largest absolute Gasteiger partial charge is 0.377 e. The van der Waals surface area contributed by atoms with Crippen LogP contribution in [0.3, 0.4) is 0 Å². The molecule has 1 atom stereocenters. The van der Waals surface area contributed by atoms with Crippen LogP contribution < -0.4 is 0 Å². The average Bonchev–Trinajstić information content (AvgIpc) is 3.31. The first-order chi connectivity index (χ1) is 13.1. The first-order valence-electron chi connectivity index (χ1n) is 9.87. The Kier molecular flexibility index (Phi) is 5.27. The van der Waals surface area contributed by atoms with Crippen LogP contribution in [-0.2, 0) is 4.74 Å². The number of hydrogen-bond acceptors (Lipinski definition) is 4. The van der Waals surface area contributed by atoms with Crippen molar-refractivity contribution in [3.05, 3.63) is 47.3 Å². The maximum atomic E-state index is 12.8. The van der Waals surface area contributed by atoms with E-state index in [2.05, 4.69) is 16.1 Å². The number of nitrogens with zero attached hydrogens (tertiary/aromatic N) is 4. The summed E-state index contributed by atoms with van der Waals surface area (Å²) in [5.74, 6) is 0.117. The molecule has 0 saturated carbocycles. The predicted octanol–water partition coefficient (Wildman–Crippen LogP) is 2.43. The summed E-state index contributed by atoms with van der Waals surface area (Å²) in [5.41, 5.74) is 3.81. The molecule has 6 nitrogen and oxygen atoms in total. The number of piperazine rings is 1. The van der Waals surface area contributed by atoms with Crippen molar-refractivity contribution in [1.29, 1.82) is 0 Å². The third-order valence-corrected chi connectivity index (χ3v) is 5.51. The first kappa shape index (κ1) is 18.2. The van der Waals surface area contributed by atoms with Gasteiger partial charge in [-0.05, 0) is 57.0 Å². The Balaban J connectivity index is 1.35. The molecule has 0 spiro atoms. The van der Waals surface area contributed by atoms with Gasteiger partial charge in [-0.2, -0.15) is 5.10 Å². The molecule has 0 aliphatic carbocycles. The van der Waals surface area contributed by atoms with Crippen molar-refractivity contribution >= 4 is 5.91 Å². The van der Waals surface area contributed by atoms with Crippen LogP contribution in [0.15, 0.2) is 30.3 Å². The highest BCUT2D eigenvalue weighted by Crippen LogP contribution is 2.17. The fourth-order valence-electron chi connectivity index (χ4n) is 4.03. The van der Waals surface area contributed by atoms with E-state index in [1.165, 1.54) is 12.8 Å². The van der Waals surface area contributed by atoms with E-state index in [-0.39, 0.29) is 5.91 Å². The smallest absolute Gasteiger partial charge is 0.253 e. The topological polar surface area (TPSA) is 50.6 Å². The van der Waals surface area contributed by atoms with Gasteiger partial charge in [-0.15, -0.1) is 0 Å². The molecule has 6 heteroatoms. The molecule has 0 N–H and O–H groups in total. The number of carbonyl (C=O) groups excluding carboxylic acids is 1. The lowest BCUT2D eigenvalue weighted by atomic mass is 10.1. The molecule has 1 unspecified atom stereocenters. The predicted molar refractivity (Wildman–Crippen MR) is 104 cm³/mol. The normalized spacial score (nSPS) is 21.0. The molecule has 1 aromatic heterocycles. The number of ether oxygens (including phenoxy) is 1. The van der Waals surface area contributed by atoms with Crippen LogP contribution in [0.5, 0.6) is 0 Å². The van der Waals surface area contributed by atoms with E-state index in [4.69, 9.17) is 4.74 Å². The van der Waals surface area contributed by atoms with Gasteiger partial charge in [0.1, 0.15) is 0 Å². The van der Waals surface area contributed by atoms with E-state index in [1.807, 2.05) is 47.7 Å². The van der Waals surface area contributed by atoms with E-state index < -0.39 is 0 Å². The highest BCUT2D eigenvalue weighted by Gasteiger charge is 2.25. The average molecular weight is 368 g/mol. The number of carbonyl (C=O) groups is 1. The number of aryl methyl sites for hydroxylation is 2. The Bertz CT molecular complexity index is 785. The molecule has 0 radical (unpaired) electrons. The second-order valence-electron chi connectivity index (χ2n) is 7.61. The van der Waals surface area contributed by atoms with Crippen molar-refractivity contribution < 1.29 is 9.53 Å². The van der Waals surface area contributed by atoms with Crippen LogP contribution in [0.1, 0.15) is 34.6 Å². The summed E-state index contributed by atoms with van der Waals surface area (Å²) >= 11 is 0. The van der Waals surface area contributed by atoms with Gasteiger partial charge in [0.05, 0.1) is 17.5 Å². The number of hydrogen-bond donors (Lipinski definition) is 0. The summed E-state index contributed by atoms with van der Waals surface area (Å²) in [7, 11) is 0. The van der Waals surface area contributed by atoms with Gasteiger partial charge in [0.2, 0.25) is 0 Å². The third-order valence-electron chi connectivity index (χ3n) is 5.51. The van der Waals surface area contributed by atoms with Gasteiger partial charge in [-0.1, -0.05) is 0 Å². The second kappa shape index (κ2) is 7.82. The summed E-state index contributed by atoms with van der Waals surface area (Å²) in [4.78, 5) is 17.2. The van der Waals surface area contributed by atoms with Gasteiger partial charge in [0.25, 0.3) is 5.91 Å². The molecule has 2 aromatic rings. The van der Waals surface area contributed by atoms with Crippen LogP contribution in [0, 0.1) is 13.8 Å². The fourth-order valence-corrected chi connectivity index (χ4v) is 4.03. The molecule has 3 heterocycles.